The molecule has 0 atom stereocenters. The van der Waals surface area contributed by atoms with Crippen LogP contribution in [0.15, 0.2) is 12.4 Å². The van der Waals surface area contributed by atoms with E-state index < -0.39 is 17.3 Å². The van der Waals surface area contributed by atoms with E-state index in [2.05, 4.69) is 10.4 Å². The smallest absolute Gasteiger partial charge is 0.312 e. The van der Waals surface area contributed by atoms with Crippen LogP contribution < -0.4 is 5.32 Å². The molecule has 1 N–H and O–H groups in total. The van der Waals surface area contributed by atoms with Crippen LogP contribution in [-0.2, 0) is 11.7 Å². The Labute approximate surface area is 89.7 Å². The molecule has 2 rings (SSSR count). The van der Waals surface area contributed by atoms with Gasteiger partial charge in [0.05, 0.1) is 24.3 Å². The van der Waals surface area contributed by atoms with Gasteiger partial charge in [-0.05, 0) is 0 Å². The number of halogens is 3. The van der Waals surface area contributed by atoms with Crippen molar-refractivity contribution in [2.24, 2.45) is 0 Å². The lowest BCUT2D eigenvalue weighted by atomic mass is 9.89. The average Bonchev–Trinajstić information content (AvgIpc) is 2.59. The first kappa shape index (κ1) is 11.0. The molecule has 0 saturated carbocycles. The largest absolute Gasteiger partial charge is 0.419 e. The Morgan fingerprint density at radius 3 is 2.62 bits per heavy atom. The molecule has 1 aliphatic rings. The summed E-state index contributed by atoms with van der Waals surface area (Å²) in [6, 6.07) is 1.97. The fourth-order valence-corrected chi connectivity index (χ4v) is 1.66. The van der Waals surface area contributed by atoms with E-state index in [9.17, 15) is 13.2 Å². The van der Waals surface area contributed by atoms with Crippen molar-refractivity contribution in [3.8, 4) is 6.07 Å². The molecule has 0 aliphatic carbocycles. The minimum atomic E-state index is -4.39. The van der Waals surface area contributed by atoms with Crippen LogP contribution in [0.25, 0.3) is 0 Å². The van der Waals surface area contributed by atoms with Crippen molar-refractivity contribution < 1.29 is 13.2 Å². The Kier molecular flexibility index (Phi) is 2.39. The number of nitrogens with one attached hydrogen (secondary N) is 1. The lowest BCUT2D eigenvalue weighted by Gasteiger charge is -2.41. The van der Waals surface area contributed by atoms with Crippen LogP contribution in [0.1, 0.15) is 12.0 Å². The minimum Gasteiger partial charge on any atom is -0.312 e. The number of hydrogen-bond donors (Lipinski definition) is 1. The van der Waals surface area contributed by atoms with Crippen molar-refractivity contribution in [1.82, 2.24) is 15.1 Å². The van der Waals surface area contributed by atoms with E-state index in [4.69, 9.17) is 5.26 Å². The Hall–Kier alpha value is -1.55. The lowest BCUT2D eigenvalue weighted by Crippen LogP contribution is -2.60. The molecule has 0 spiro atoms. The summed E-state index contributed by atoms with van der Waals surface area (Å²) in [5.74, 6) is 0. The van der Waals surface area contributed by atoms with Gasteiger partial charge in [-0.15, -0.1) is 0 Å². The molecule has 1 saturated heterocycles. The zero-order valence-electron chi connectivity index (χ0n) is 8.25. The van der Waals surface area contributed by atoms with Gasteiger partial charge in [0, 0.05) is 19.3 Å². The third-order valence-electron chi connectivity index (χ3n) is 2.71. The van der Waals surface area contributed by atoms with E-state index in [1.54, 1.807) is 0 Å². The quantitative estimate of drug-likeness (QED) is 0.828. The maximum Gasteiger partial charge on any atom is 0.419 e. The second-order valence-corrected chi connectivity index (χ2v) is 3.83. The SMILES string of the molecule is N#CCC1(n2cc(C(F)(F)F)cn2)CNC1. The fourth-order valence-electron chi connectivity index (χ4n) is 1.66. The standard InChI is InChI=1S/C9H9F3N4/c10-9(11,12)7-3-15-16(4-7)8(1-2-13)5-14-6-8/h3-4,14H,1,5-6H2. The van der Waals surface area contributed by atoms with Crippen LogP contribution in [0, 0.1) is 11.3 Å². The fraction of sp³-hybridized carbons (Fsp3) is 0.556. The van der Waals surface area contributed by atoms with Gasteiger partial charge in [0.15, 0.2) is 0 Å². The van der Waals surface area contributed by atoms with Gasteiger partial charge in [0.25, 0.3) is 0 Å². The summed E-state index contributed by atoms with van der Waals surface area (Å²) in [6.45, 7) is 0.944. The van der Waals surface area contributed by atoms with Crippen molar-refractivity contribution in [3.05, 3.63) is 18.0 Å². The van der Waals surface area contributed by atoms with E-state index >= 15 is 0 Å². The topological polar surface area (TPSA) is 53.6 Å². The van der Waals surface area contributed by atoms with Gasteiger partial charge in [-0.3, -0.25) is 4.68 Å². The van der Waals surface area contributed by atoms with E-state index in [1.165, 1.54) is 4.68 Å². The molecule has 0 amide bonds. The molecule has 0 aromatic carbocycles. The zero-order chi connectivity index (χ0) is 11.8. The summed E-state index contributed by atoms with van der Waals surface area (Å²) in [7, 11) is 0. The molecule has 1 aliphatic heterocycles. The van der Waals surface area contributed by atoms with Gasteiger partial charge in [0.1, 0.15) is 5.54 Å². The Bertz CT molecular complexity index is 425. The summed E-state index contributed by atoms with van der Waals surface area (Å²) < 4.78 is 38.3. The molecule has 1 aromatic heterocycles. The van der Waals surface area contributed by atoms with Gasteiger partial charge in [0.2, 0.25) is 0 Å². The molecule has 1 aromatic rings. The molecule has 86 valence electrons. The van der Waals surface area contributed by atoms with Gasteiger partial charge in [-0.1, -0.05) is 0 Å². The molecule has 1 fully saturated rings. The highest BCUT2D eigenvalue weighted by Crippen LogP contribution is 2.31. The summed E-state index contributed by atoms with van der Waals surface area (Å²) in [4.78, 5) is 0. The first-order valence-corrected chi connectivity index (χ1v) is 4.68. The van der Waals surface area contributed by atoms with E-state index in [-0.39, 0.29) is 6.42 Å². The normalized spacial score (nSPS) is 18.9. The van der Waals surface area contributed by atoms with Crippen molar-refractivity contribution in [2.45, 2.75) is 18.1 Å². The summed E-state index contributed by atoms with van der Waals surface area (Å²) in [6.07, 6.45) is -2.49. The van der Waals surface area contributed by atoms with Crippen molar-refractivity contribution >= 4 is 0 Å². The van der Waals surface area contributed by atoms with Crippen molar-refractivity contribution in [1.29, 1.82) is 5.26 Å². The molecule has 0 bridgehead atoms. The van der Waals surface area contributed by atoms with Crippen molar-refractivity contribution in [2.75, 3.05) is 13.1 Å². The number of aromatic nitrogens is 2. The highest BCUT2D eigenvalue weighted by atomic mass is 19.4. The van der Waals surface area contributed by atoms with Crippen LogP contribution in [-0.4, -0.2) is 22.9 Å². The molecular formula is C9H9F3N4. The maximum absolute atomic E-state index is 12.4. The van der Waals surface area contributed by atoms with Crippen molar-refractivity contribution in [3.63, 3.8) is 0 Å². The first-order valence-electron chi connectivity index (χ1n) is 4.68. The Morgan fingerprint density at radius 1 is 1.56 bits per heavy atom. The van der Waals surface area contributed by atoms with Gasteiger partial charge in [-0.2, -0.15) is 23.5 Å². The molecule has 7 heteroatoms. The monoisotopic (exact) mass is 230 g/mol. The summed E-state index contributed by atoms with van der Waals surface area (Å²) >= 11 is 0. The molecular weight excluding hydrogens is 221 g/mol. The molecule has 0 unspecified atom stereocenters. The number of alkyl halides is 3. The summed E-state index contributed by atoms with van der Waals surface area (Å²) in [5.41, 5.74) is -1.39. The Morgan fingerprint density at radius 2 is 2.25 bits per heavy atom. The zero-order valence-corrected chi connectivity index (χ0v) is 8.25. The highest BCUT2D eigenvalue weighted by Gasteiger charge is 2.41. The van der Waals surface area contributed by atoms with Crippen LogP contribution in [0.4, 0.5) is 13.2 Å². The van der Waals surface area contributed by atoms with Crippen LogP contribution in [0.3, 0.4) is 0 Å². The predicted molar refractivity (Wildman–Crippen MR) is 48.3 cm³/mol. The second kappa shape index (κ2) is 3.49. The first-order chi connectivity index (χ1) is 7.48. The van der Waals surface area contributed by atoms with Gasteiger partial charge >= 0.3 is 6.18 Å². The number of rotatable bonds is 2. The molecule has 16 heavy (non-hydrogen) atoms. The lowest BCUT2D eigenvalue weighted by molar-refractivity contribution is -0.137. The number of nitriles is 1. The molecule has 4 nitrogen and oxygen atoms in total. The predicted octanol–water partition coefficient (Wildman–Crippen LogP) is 1.11. The summed E-state index contributed by atoms with van der Waals surface area (Å²) in [5, 5.41) is 15.3. The maximum atomic E-state index is 12.4. The Balaban J connectivity index is 2.28. The van der Waals surface area contributed by atoms with Gasteiger partial charge < -0.3 is 5.32 Å². The average molecular weight is 230 g/mol. The third-order valence-corrected chi connectivity index (χ3v) is 2.71. The molecule has 2 heterocycles. The minimum absolute atomic E-state index is 0.152. The van der Waals surface area contributed by atoms with Crippen LogP contribution in [0.2, 0.25) is 0 Å². The highest BCUT2D eigenvalue weighted by molar-refractivity contribution is 5.13. The van der Waals surface area contributed by atoms with Crippen LogP contribution >= 0.6 is 0 Å². The van der Waals surface area contributed by atoms with E-state index in [1.807, 2.05) is 6.07 Å². The van der Waals surface area contributed by atoms with Crippen LogP contribution in [0.5, 0.6) is 0 Å². The van der Waals surface area contributed by atoms with Gasteiger partial charge in [-0.25, -0.2) is 0 Å². The van der Waals surface area contributed by atoms with E-state index in [0.717, 1.165) is 12.4 Å². The number of hydrogen-bond acceptors (Lipinski definition) is 3. The molecule has 0 radical (unpaired) electrons. The second-order valence-electron chi connectivity index (χ2n) is 3.83. The van der Waals surface area contributed by atoms with E-state index in [0.29, 0.717) is 13.1 Å². The third kappa shape index (κ3) is 1.65. The number of nitrogens with zero attached hydrogens (tertiary/aromatic N) is 3.